The van der Waals surface area contributed by atoms with Crippen LogP contribution >= 0.6 is 0 Å². The highest BCUT2D eigenvalue weighted by atomic mass is 32.2. The zero-order chi connectivity index (χ0) is 33.1. The molecule has 0 amide bonds. The molecule has 0 aromatic heterocycles. The molecule has 0 N–H and O–H groups in total. The van der Waals surface area contributed by atoms with Gasteiger partial charge in [0.2, 0.25) is 0 Å². The third-order valence-electron chi connectivity index (χ3n) is 13.2. The van der Waals surface area contributed by atoms with Gasteiger partial charge < -0.3 is 8.92 Å². The fourth-order valence-electron chi connectivity index (χ4n) is 10.7. The van der Waals surface area contributed by atoms with E-state index in [1.165, 1.54) is 7.11 Å². The first-order valence-corrected chi connectivity index (χ1v) is 16.9. The molecule has 0 bridgehead atoms. The lowest BCUT2D eigenvalue weighted by atomic mass is 9.33. The maximum Gasteiger partial charge on any atom is 0.534 e. The van der Waals surface area contributed by atoms with Crippen LogP contribution in [0.4, 0.5) is 13.2 Å². The number of alkyl halides is 3. The predicted molar refractivity (Wildman–Crippen MR) is 156 cm³/mol. The van der Waals surface area contributed by atoms with E-state index in [0.29, 0.717) is 44.8 Å². The molecule has 0 unspecified atom stereocenters. The number of Topliss-reactive ketones (excluding diaryl/α,β-unsaturated/α-hetero) is 1. The zero-order valence-corrected chi connectivity index (χ0v) is 27.8. The van der Waals surface area contributed by atoms with Crippen LogP contribution in [-0.4, -0.2) is 38.6 Å². The molecule has 4 fully saturated rings. The van der Waals surface area contributed by atoms with Crippen LogP contribution in [0.5, 0.6) is 0 Å². The molecule has 0 aliphatic heterocycles. The molecule has 0 radical (unpaired) electrons. The standard InChI is InChI=1S/C33H45F3O7S/c1-27(2)11-13-32(26(39)42-8)14-12-31(7)24(20(32)17-27)21(37)15-23-29(5)16-19(18-43-44(40,41)33(34,35)36)25(38)28(3,4)22(29)9-10-30(23,31)6/h15,18,20,22,24H,9-14,16-17H2,1-8H3/t20-,22-,24-,29-,30+,31+,32-/m0/s1. The quantitative estimate of drug-likeness (QED) is 0.107. The summed E-state index contributed by atoms with van der Waals surface area (Å²) in [4.78, 5) is 41.5. The summed E-state index contributed by atoms with van der Waals surface area (Å²) in [6.07, 6.45) is 6.92. The van der Waals surface area contributed by atoms with Gasteiger partial charge in [-0.15, -0.1) is 0 Å². The molecule has 0 aromatic rings. The number of ketones is 2. The second kappa shape index (κ2) is 9.67. The lowest BCUT2D eigenvalue weighted by Gasteiger charge is -2.69. The number of ether oxygens (including phenoxy) is 1. The highest BCUT2D eigenvalue weighted by Crippen LogP contribution is 2.75. The van der Waals surface area contributed by atoms with E-state index in [1.54, 1.807) is 19.9 Å². The van der Waals surface area contributed by atoms with E-state index < -0.39 is 54.4 Å². The zero-order valence-electron chi connectivity index (χ0n) is 26.9. The van der Waals surface area contributed by atoms with Crippen LogP contribution in [0.25, 0.3) is 0 Å². The summed E-state index contributed by atoms with van der Waals surface area (Å²) in [5.74, 6) is -1.63. The topological polar surface area (TPSA) is 104 Å². The lowest BCUT2D eigenvalue weighted by molar-refractivity contribution is -0.192. The molecule has 0 heterocycles. The molecule has 5 aliphatic carbocycles. The second-order valence-corrected chi connectivity index (χ2v) is 17.7. The first kappa shape index (κ1) is 33.2. The Morgan fingerprint density at radius 1 is 0.977 bits per heavy atom. The number of rotatable bonds is 3. The van der Waals surface area contributed by atoms with Crippen LogP contribution in [0.15, 0.2) is 23.5 Å². The Kier molecular flexibility index (Phi) is 7.30. The van der Waals surface area contributed by atoms with Crippen molar-refractivity contribution >= 4 is 27.7 Å². The summed E-state index contributed by atoms with van der Waals surface area (Å²) in [5.41, 5.74) is -8.62. The molecule has 0 saturated heterocycles. The molecule has 246 valence electrons. The summed E-state index contributed by atoms with van der Waals surface area (Å²) in [5, 5.41) is 0. The average molecular weight is 643 g/mol. The summed E-state index contributed by atoms with van der Waals surface area (Å²) in [6, 6.07) is 0. The summed E-state index contributed by atoms with van der Waals surface area (Å²) >= 11 is 0. The molecule has 5 aliphatic rings. The highest BCUT2D eigenvalue weighted by Gasteiger charge is 2.71. The predicted octanol–water partition coefficient (Wildman–Crippen LogP) is 7.07. The third-order valence-corrected chi connectivity index (χ3v) is 14.1. The fraction of sp³-hybridized carbons (Fsp3) is 0.788. The summed E-state index contributed by atoms with van der Waals surface area (Å²) in [7, 11) is -4.54. The van der Waals surface area contributed by atoms with Gasteiger partial charge in [0.05, 0.1) is 12.5 Å². The molecule has 11 heteroatoms. The van der Waals surface area contributed by atoms with Crippen molar-refractivity contribution in [2.75, 3.05) is 7.11 Å². The number of allylic oxidation sites excluding steroid dienone is 3. The van der Waals surface area contributed by atoms with E-state index in [1.807, 2.05) is 6.92 Å². The van der Waals surface area contributed by atoms with Crippen molar-refractivity contribution < 1.29 is 44.9 Å². The first-order valence-electron chi connectivity index (χ1n) is 15.5. The number of methoxy groups -OCH3 is 1. The van der Waals surface area contributed by atoms with Gasteiger partial charge >= 0.3 is 21.6 Å². The molecule has 4 saturated carbocycles. The molecule has 7 atom stereocenters. The number of hydrogen-bond acceptors (Lipinski definition) is 7. The Morgan fingerprint density at radius 2 is 1.59 bits per heavy atom. The molecule has 0 spiro atoms. The minimum absolute atomic E-state index is 0.0503. The number of hydrogen-bond donors (Lipinski definition) is 0. The number of esters is 1. The van der Waals surface area contributed by atoms with Crippen LogP contribution in [0.3, 0.4) is 0 Å². The Bertz CT molecular complexity index is 1470. The minimum Gasteiger partial charge on any atom is -0.469 e. The lowest BCUT2D eigenvalue weighted by Crippen LogP contribution is -2.66. The van der Waals surface area contributed by atoms with Gasteiger partial charge in [-0.2, -0.15) is 21.6 Å². The van der Waals surface area contributed by atoms with Crippen molar-refractivity contribution in [1.29, 1.82) is 0 Å². The average Bonchev–Trinajstić information content (AvgIpc) is 2.90. The maximum atomic E-state index is 14.5. The normalized spacial score (nSPS) is 42.3. The molecular weight excluding hydrogens is 597 g/mol. The first-order chi connectivity index (χ1) is 19.9. The second-order valence-electron chi connectivity index (χ2n) is 16.2. The fourth-order valence-corrected chi connectivity index (χ4v) is 11.1. The Labute approximate surface area is 258 Å². The molecule has 44 heavy (non-hydrogen) atoms. The van der Waals surface area contributed by atoms with Crippen molar-refractivity contribution in [2.24, 2.45) is 50.2 Å². The van der Waals surface area contributed by atoms with Crippen LogP contribution < -0.4 is 0 Å². The van der Waals surface area contributed by atoms with E-state index in [9.17, 15) is 36.0 Å². The maximum absolute atomic E-state index is 14.5. The van der Waals surface area contributed by atoms with Gasteiger partial charge in [-0.25, -0.2) is 0 Å². The van der Waals surface area contributed by atoms with Gasteiger partial charge in [-0.3, -0.25) is 14.4 Å². The van der Waals surface area contributed by atoms with Gasteiger partial charge in [-0.1, -0.05) is 54.0 Å². The van der Waals surface area contributed by atoms with E-state index >= 15 is 0 Å². The third kappa shape index (κ3) is 4.33. The number of halogens is 3. The van der Waals surface area contributed by atoms with Gasteiger partial charge in [-0.05, 0) is 90.9 Å². The Hall–Kier alpha value is -2.17. The highest BCUT2D eigenvalue weighted by molar-refractivity contribution is 7.87. The Balaban J connectivity index is 1.63. The van der Waals surface area contributed by atoms with Crippen molar-refractivity contribution in [3.63, 3.8) is 0 Å². The largest absolute Gasteiger partial charge is 0.534 e. The molecule has 7 nitrogen and oxygen atoms in total. The monoisotopic (exact) mass is 642 g/mol. The van der Waals surface area contributed by atoms with E-state index in [2.05, 4.69) is 31.9 Å². The van der Waals surface area contributed by atoms with Gasteiger partial charge in [0.15, 0.2) is 11.6 Å². The van der Waals surface area contributed by atoms with E-state index in [0.717, 1.165) is 12.0 Å². The molecule has 5 rings (SSSR count). The van der Waals surface area contributed by atoms with Gasteiger partial charge in [0.1, 0.15) is 6.26 Å². The van der Waals surface area contributed by atoms with Crippen molar-refractivity contribution in [3.05, 3.63) is 23.5 Å². The van der Waals surface area contributed by atoms with Gasteiger partial charge in [0, 0.05) is 16.9 Å². The molecule has 0 aromatic carbocycles. The number of carbonyl (C=O) groups excluding carboxylic acids is 3. The van der Waals surface area contributed by atoms with E-state index in [-0.39, 0.29) is 41.0 Å². The van der Waals surface area contributed by atoms with Crippen LogP contribution in [0.2, 0.25) is 0 Å². The minimum atomic E-state index is -5.95. The van der Waals surface area contributed by atoms with Crippen LogP contribution in [0.1, 0.15) is 99.8 Å². The Morgan fingerprint density at radius 3 is 2.18 bits per heavy atom. The number of carbonyl (C=O) groups is 3. The van der Waals surface area contributed by atoms with Crippen molar-refractivity contribution in [2.45, 2.75) is 105 Å². The molecular formula is C33H45F3O7S. The van der Waals surface area contributed by atoms with Crippen LogP contribution in [-0.2, 0) is 33.4 Å². The van der Waals surface area contributed by atoms with Crippen molar-refractivity contribution in [3.8, 4) is 0 Å². The van der Waals surface area contributed by atoms with E-state index in [4.69, 9.17) is 4.74 Å². The van der Waals surface area contributed by atoms with Crippen molar-refractivity contribution in [1.82, 2.24) is 0 Å². The van der Waals surface area contributed by atoms with Crippen LogP contribution in [0, 0.1) is 50.2 Å². The number of fused-ring (bicyclic) bond motifs is 7. The summed E-state index contributed by atoms with van der Waals surface area (Å²) in [6.45, 7) is 14.1. The van der Waals surface area contributed by atoms with Gasteiger partial charge in [0.25, 0.3) is 0 Å². The SMILES string of the molecule is COC(=O)[C@]12CCC(C)(C)C[C@H]1[C@H]1C(=O)C=C3[C@@]4(C)CC(=COS(=O)(=O)C(F)(F)F)C(=O)C(C)(C)[C@@H]4CC[C@@]3(C)[C@]1(C)CC2. The smallest absolute Gasteiger partial charge is 0.469 e. The summed E-state index contributed by atoms with van der Waals surface area (Å²) < 4.78 is 72.2.